The number of allylic oxidation sites excluding steroid dienone is 5. The largest absolute Gasteiger partial charge is 0.386 e. The molecule has 2 aliphatic carbocycles. The molecule has 1 N–H and O–H groups in total. The van der Waals surface area contributed by atoms with E-state index in [2.05, 4.69) is 26.0 Å². The van der Waals surface area contributed by atoms with Crippen LogP contribution in [-0.4, -0.2) is 16.5 Å². The summed E-state index contributed by atoms with van der Waals surface area (Å²) < 4.78 is 0. The van der Waals surface area contributed by atoms with Crippen molar-refractivity contribution in [3.05, 3.63) is 36.0 Å². The Morgan fingerprint density at radius 2 is 2.17 bits per heavy atom. The smallest absolute Gasteiger partial charge is 0.159 e. The van der Waals surface area contributed by atoms with Crippen LogP contribution in [0.15, 0.2) is 36.0 Å². The van der Waals surface area contributed by atoms with E-state index in [-0.39, 0.29) is 5.41 Å². The predicted molar refractivity (Wildman–Crippen MR) is 96.1 cm³/mol. The summed E-state index contributed by atoms with van der Waals surface area (Å²) >= 11 is 0. The van der Waals surface area contributed by atoms with Crippen LogP contribution < -0.4 is 0 Å². The van der Waals surface area contributed by atoms with E-state index in [1.807, 2.05) is 12.2 Å². The van der Waals surface area contributed by atoms with E-state index in [4.69, 9.17) is 0 Å². The van der Waals surface area contributed by atoms with E-state index in [0.717, 1.165) is 37.7 Å². The standard InChI is InChI=1S/C21H32O2/c1-16(10-6-5-7-14-20(2,3)23)17-11-8-12-18-19(22)13-9-15-21(17,18)4/h5-7,12,14,16-17,23H,8-11,13,15H2,1-4H3/t16-,17-,21-/m1/s1. The molecular formula is C21H32O2. The molecule has 0 amide bonds. The highest BCUT2D eigenvalue weighted by molar-refractivity contribution is 5.97. The summed E-state index contributed by atoms with van der Waals surface area (Å²) in [4.78, 5) is 12.3. The number of ketones is 1. The van der Waals surface area contributed by atoms with Crippen LogP contribution >= 0.6 is 0 Å². The highest BCUT2D eigenvalue weighted by atomic mass is 16.3. The fourth-order valence-electron chi connectivity index (χ4n) is 4.40. The number of Topliss-reactive ketones (excluding diaryl/α,β-unsaturated/α-hetero) is 1. The predicted octanol–water partition coefficient (Wildman–Crippen LogP) is 4.99. The van der Waals surface area contributed by atoms with Gasteiger partial charge in [0.1, 0.15) is 0 Å². The van der Waals surface area contributed by atoms with Gasteiger partial charge in [0, 0.05) is 6.42 Å². The molecule has 0 unspecified atom stereocenters. The van der Waals surface area contributed by atoms with Crippen molar-refractivity contribution in [2.24, 2.45) is 17.3 Å². The lowest BCUT2D eigenvalue weighted by molar-refractivity contribution is -0.119. The molecule has 0 aromatic rings. The summed E-state index contributed by atoms with van der Waals surface area (Å²) in [5.41, 5.74) is 0.455. The second kappa shape index (κ2) is 7.17. The van der Waals surface area contributed by atoms with Gasteiger partial charge in [0.25, 0.3) is 0 Å². The van der Waals surface area contributed by atoms with Gasteiger partial charge in [-0.05, 0) is 68.8 Å². The van der Waals surface area contributed by atoms with Crippen LogP contribution in [0.4, 0.5) is 0 Å². The number of aliphatic hydroxyl groups is 1. The second-order valence-corrected chi connectivity index (χ2v) is 8.15. The minimum Gasteiger partial charge on any atom is -0.386 e. The zero-order valence-corrected chi connectivity index (χ0v) is 15.1. The molecule has 1 saturated carbocycles. The summed E-state index contributed by atoms with van der Waals surface area (Å²) in [6.45, 7) is 8.18. The maximum Gasteiger partial charge on any atom is 0.159 e. The molecule has 1 fully saturated rings. The molecule has 2 heteroatoms. The highest BCUT2D eigenvalue weighted by Gasteiger charge is 2.45. The minimum absolute atomic E-state index is 0.0871. The molecule has 2 aliphatic rings. The summed E-state index contributed by atoms with van der Waals surface area (Å²) in [7, 11) is 0. The van der Waals surface area contributed by atoms with Gasteiger partial charge in [-0.1, -0.05) is 44.2 Å². The first-order chi connectivity index (χ1) is 10.7. The van der Waals surface area contributed by atoms with Gasteiger partial charge in [0.2, 0.25) is 0 Å². The van der Waals surface area contributed by atoms with Crippen LogP contribution in [-0.2, 0) is 4.79 Å². The Kier molecular flexibility index (Phi) is 5.67. The molecule has 23 heavy (non-hydrogen) atoms. The number of hydrogen-bond acceptors (Lipinski definition) is 2. The van der Waals surface area contributed by atoms with Crippen LogP contribution in [0.1, 0.15) is 66.2 Å². The number of carbonyl (C=O) groups excluding carboxylic acids is 1. The van der Waals surface area contributed by atoms with Gasteiger partial charge in [-0.15, -0.1) is 0 Å². The molecule has 0 bridgehead atoms. The van der Waals surface area contributed by atoms with Gasteiger partial charge >= 0.3 is 0 Å². The normalized spacial score (nSPS) is 30.6. The van der Waals surface area contributed by atoms with Crippen molar-refractivity contribution in [2.75, 3.05) is 0 Å². The third-order valence-corrected chi connectivity index (χ3v) is 5.61. The van der Waals surface area contributed by atoms with Crippen LogP contribution in [0.2, 0.25) is 0 Å². The van der Waals surface area contributed by atoms with Gasteiger partial charge in [-0.2, -0.15) is 0 Å². The topological polar surface area (TPSA) is 37.3 Å². The van der Waals surface area contributed by atoms with Crippen LogP contribution in [0.3, 0.4) is 0 Å². The zero-order valence-electron chi connectivity index (χ0n) is 15.1. The fourth-order valence-corrected chi connectivity index (χ4v) is 4.40. The van der Waals surface area contributed by atoms with E-state index in [0.29, 0.717) is 17.6 Å². The molecule has 0 spiro atoms. The number of fused-ring (bicyclic) bond motifs is 1. The first-order valence-corrected chi connectivity index (χ1v) is 9.04. The van der Waals surface area contributed by atoms with Crippen molar-refractivity contribution in [1.29, 1.82) is 0 Å². The molecule has 2 nitrogen and oxygen atoms in total. The van der Waals surface area contributed by atoms with Crippen LogP contribution in [0, 0.1) is 17.3 Å². The lowest BCUT2D eigenvalue weighted by Gasteiger charge is -2.47. The first kappa shape index (κ1) is 18.2. The van der Waals surface area contributed by atoms with Gasteiger partial charge in [-0.3, -0.25) is 4.79 Å². The molecule has 0 heterocycles. The van der Waals surface area contributed by atoms with E-state index < -0.39 is 5.60 Å². The highest BCUT2D eigenvalue weighted by Crippen LogP contribution is 2.52. The van der Waals surface area contributed by atoms with Gasteiger partial charge < -0.3 is 5.11 Å². The molecule has 0 radical (unpaired) electrons. The summed E-state index contributed by atoms with van der Waals surface area (Å²) in [5, 5.41) is 9.66. The maximum absolute atomic E-state index is 12.3. The Morgan fingerprint density at radius 3 is 2.87 bits per heavy atom. The summed E-state index contributed by atoms with van der Waals surface area (Å²) in [6.07, 6.45) is 16.4. The van der Waals surface area contributed by atoms with Crippen molar-refractivity contribution in [1.82, 2.24) is 0 Å². The van der Waals surface area contributed by atoms with Gasteiger partial charge in [0.05, 0.1) is 5.60 Å². The van der Waals surface area contributed by atoms with Crippen LogP contribution in [0.5, 0.6) is 0 Å². The van der Waals surface area contributed by atoms with Crippen molar-refractivity contribution in [3.8, 4) is 0 Å². The molecule has 0 aliphatic heterocycles. The Balaban J connectivity index is 2.01. The lowest BCUT2D eigenvalue weighted by Crippen LogP contribution is -2.41. The number of hydrogen-bond donors (Lipinski definition) is 1. The van der Waals surface area contributed by atoms with E-state index in [1.54, 1.807) is 19.9 Å². The van der Waals surface area contributed by atoms with Crippen LogP contribution in [0.25, 0.3) is 0 Å². The van der Waals surface area contributed by atoms with E-state index in [1.165, 1.54) is 6.42 Å². The molecule has 0 aromatic heterocycles. The van der Waals surface area contributed by atoms with Crippen molar-refractivity contribution in [3.63, 3.8) is 0 Å². The van der Waals surface area contributed by atoms with Crippen molar-refractivity contribution < 1.29 is 9.90 Å². The average Bonchev–Trinajstić information content (AvgIpc) is 2.44. The Hall–Kier alpha value is -1.15. The molecule has 0 saturated heterocycles. The summed E-state index contributed by atoms with van der Waals surface area (Å²) in [5.74, 6) is 1.55. The fraction of sp³-hybridized carbons (Fsp3) is 0.667. The van der Waals surface area contributed by atoms with Gasteiger partial charge in [-0.25, -0.2) is 0 Å². The van der Waals surface area contributed by atoms with E-state index >= 15 is 0 Å². The minimum atomic E-state index is -0.755. The Morgan fingerprint density at radius 1 is 1.43 bits per heavy atom. The number of carbonyl (C=O) groups is 1. The van der Waals surface area contributed by atoms with Crippen molar-refractivity contribution in [2.45, 2.75) is 71.8 Å². The summed E-state index contributed by atoms with van der Waals surface area (Å²) in [6, 6.07) is 0. The first-order valence-electron chi connectivity index (χ1n) is 9.04. The molecule has 3 atom stereocenters. The SMILES string of the molecule is C[C@H](CC=CC=CC(C)(C)O)[C@H]1CCC=C2C(=O)CCC[C@@]21C. The molecule has 2 rings (SSSR count). The maximum atomic E-state index is 12.3. The van der Waals surface area contributed by atoms with Gasteiger partial charge in [0.15, 0.2) is 5.78 Å². The average molecular weight is 316 g/mol. The zero-order chi connectivity index (χ0) is 17.1. The molecule has 128 valence electrons. The lowest BCUT2D eigenvalue weighted by atomic mass is 9.56. The molecular weight excluding hydrogens is 284 g/mol. The second-order valence-electron chi connectivity index (χ2n) is 8.15. The van der Waals surface area contributed by atoms with Crippen molar-refractivity contribution >= 4 is 5.78 Å². The molecule has 0 aromatic carbocycles. The third-order valence-electron chi connectivity index (χ3n) is 5.61. The quantitative estimate of drug-likeness (QED) is 0.725. The Bertz CT molecular complexity index is 518. The monoisotopic (exact) mass is 316 g/mol. The number of rotatable bonds is 5. The Labute approximate surface area is 141 Å². The third kappa shape index (κ3) is 4.44. The van der Waals surface area contributed by atoms with E-state index in [9.17, 15) is 9.90 Å².